The highest BCUT2D eigenvalue weighted by molar-refractivity contribution is 9.10. The number of nitrogens with one attached hydrogen (secondary N) is 1. The molecule has 1 unspecified atom stereocenters. The van der Waals surface area contributed by atoms with Crippen LogP contribution in [-0.2, 0) is 6.54 Å². The molecule has 0 fully saturated rings. The number of aromatic nitrogens is 2. The zero-order valence-electron chi connectivity index (χ0n) is 10.3. The molecule has 1 heterocycles. The van der Waals surface area contributed by atoms with Gasteiger partial charge >= 0.3 is 0 Å². The van der Waals surface area contributed by atoms with Crippen molar-refractivity contribution >= 4 is 15.9 Å². The summed E-state index contributed by atoms with van der Waals surface area (Å²) in [6, 6.07) is 4.69. The molecule has 0 aliphatic rings. The molecule has 1 atom stereocenters. The third kappa shape index (κ3) is 2.62. The third-order valence-electron chi connectivity index (χ3n) is 2.87. The Morgan fingerprint density at radius 2 is 2.28 bits per heavy atom. The fourth-order valence-electron chi connectivity index (χ4n) is 1.90. The van der Waals surface area contributed by atoms with E-state index in [0.29, 0.717) is 5.56 Å². The molecular weight excluding hydrogens is 297 g/mol. The first-order chi connectivity index (χ1) is 8.65. The third-order valence-corrected chi connectivity index (χ3v) is 3.37. The molecule has 5 heteroatoms. The standard InChI is InChI=1S/C13H15BrFN3/c1-3-18-7-12(17-8-18)13(16-2)10-6-9(14)4-5-11(10)15/h4-8,13,16H,3H2,1-2H3. The van der Waals surface area contributed by atoms with Crippen LogP contribution >= 0.6 is 15.9 Å². The first-order valence-electron chi connectivity index (χ1n) is 5.79. The van der Waals surface area contributed by atoms with E-state index in [2.05, 4.69) is 26.2 Å². The van der Waals surface area contributed by atoms with Crippen LogP contribution in [0.4, 0.5) is 4.39 Å². The molecule has 2 aromatic rings. The Balaban J connectivity index is 2.41. The zero-order chi connectivity index (χ0) is 13.1. The Bertz CT molecular complexity index is 539. The maximum absolute atomic E-state index is 13.9. The number of hydrogen-bond donors (Lipinski definition) is 1. The molecule has 96 valence electrons. The van der Waals surface area contributed by atoms with E-state index in [1.54, 1.807) is 25.5 Å². The van der Waals surface area contributed by atoms with Gasteiger partial charge < -0.3 is 9.88 Å². The van der Waals surface area contributed by atoms with Gasteiger partial charge in [0.1, 0.15) is 5.82 Å². The second-order valence-electron chi connectivity index (χ2n) is 4.02. The van der Waals surface area contributed by atoms with Crippen LogP contribution in [0.15, 0.2) is 35.2 Å². The van der Waals surface area contributed by atoms with Gasteiger partial charge in [0, 0.05) is 22.8 Å². The molecular formula is C13H15BrFN3. The summed E-state index contributed by atoms with van der Waals surface area (Å²) in [5, 5.41) is 3.10. The van der Waals surface area contributed by atoms with Gasteiger partial charge in [0.05, 0.1) is 18.1 Å². The fraction of sp³-hybridized carbons (Fsp3) is 0.308. The van der Waals surface area contributed by atoms with Crippen molar-refractivity contribution in [1.29, 1.82) is 0 Å². The van der Waals surface area contributed by atoms with Crippen molar-refractivity contribution in [3.05, 3.63) is 52.3 Å². The summed E-state index contributed by atoms with van der Waals surface area (Å²) in [6.07, 6.45) is 3.69. The van der Waals surface area contributed by atoms with Crippen molar-refractivity contribution in [3.8, 4) is 0 Å². The Hall–Kier alpha value is -1.20. The van der Waals surface area contributed by atoms with E-state index in [-0.39, 0.29) is 11.9 Å². The lowest BCUT2D eigenvalue weighted by Crippen LogP contribution is -2.19. The second kappa shape index (κ2) is 5.63. The summed E-state index contributed by atoms with van der Waals surface area (Å²) < 4.78 is 16.7. The predicted molar refractivity (Wildman–Crippen MR) is 72.9 cm³/mol. The predicted octanol–water partition coefficient (Wildman–Crippen LogP) is 3.11. The topological polar surface area (TPSA) is 29.9 Å². The number of aryl methyl sites for hydroxylation is 1. The Labute approximate surface area is 114 Å². The summed E-state index contributed by atoms with van der Waals surface area (Å²) >= 11 is 3.37. The lowest BCUT2D eigenvalue weighted by Gasteiger charge is -2.15. The SMILES string of the molecule is CCn1cnc(C(NC)c2cc(Br)ccc2F)c1. The minimum atomic E-state index is -0.240. The zero-order valence-corrected chi connectivity index (χ0v) is 11.9. The van der Waals surface area contributed by atoms with Crippen LogP contribution in [0.5, 0.6) is 0 Å². The fourth-order valence-corrected chi connectivity index (χ4v) is 2.28. The van der Waals surface area contributed by atoms with Gasteiger partial charge in [-0.2, -0.15) is 0 Å². The molecule has 0 amide bonds. The first-order valence-corrected chi connectivity index (χ1v) is 6.59. The van der Waals surface area contributed by atoms with Crippen LogP contribution in [0.1, 0.15) is 24.2 Å². The average Bonchev–Trinajstić information content (AvgIpc) is 2.83. The normalized spacial score (nSPS) is 12.7. The molecule has 0 aliphatic carbocycles. The monoisotopic (exact) mass is 311 g/mol. The minimum absolute atomic E-state index is 0.233. The first kappa shape index (κ1) is 13.2. The van der Waals surface area contributed by atoms with Gasteiger partial charge in [0.25, 0.3) is 0 Å². The van der Waals surface area contributed by atoms with Crippen molar-refractivity contribution in [2.24, 2.45) is 0 Å². The molecule has 3 nitrogen and oxygen atoms in total. The van der Waals surface area contributed by atoms with Gasteiger partial charge in [-0.05, 0) is 32.2 Å². The van der Waals surface area contributed by atoms with Crippen molar-refractivity contribution < 1.29 is 4.39 Å². The van der Waals surface area contributed by atoms with Crippen LogP contribution in [0.25, 0.3) is 0 Å². The summed E-state index contributed by atoms with van der Waals surface area (Å²) in [5.74, 6) is -0.233. The van der Waals surface area contributed by atoms with E-state index < -0.39 is 0 Å². The summed E-state index contributed by atoms with van der Waals surface area (Å²) in [7, 11) is 1.80. The summed E-state index contributed by atoms with van der Waals surface area (Å²) in [4.78, 5) is 4.32. The quantitative estimate of drug-likeness (QED) is 0.940. The number of imidazole rings is 1. The molecule has 1 N–H and O–H groups in total. The molecule has 0 aliphatic heterocycles. The number of benzene rings is 1. The highest BCUT2D eigenvalue weighted by atomic mass is 79.9. The van der Waals surface area contributed by atoms with Crippen LogP contribution < -0.4 is 5.32 Å². The summed E-state index contributed by atoms with van der Waals surface area (Å²) in [5.41, 5.74) is 1.41. The van der Waals surface area contributed by atoms with Crippen molar-refractivity contribution in [2.45, 2.75) is 19.5 Å². The van der Waals surface area contributed by atoms with Gasteiger partial charge in [-0.1, -0.05) is 15.9 Å². The van der Waals surface area contributed by atoms with Gasteiger partial charge in [-0.3, -0.25) is 0 Å². The number of nitrogens with zero attached hydrogens (tertiary/aromatic N) is 2. The summed E-state index contributed by atoms with van der Waals surface area (Å²) in [6.45, 7) is 2.89. The van der Waals surface area contributed by atoms with Gasteiger partial charge in [0.2, 0.25) is 0 Å². The highest BCUT2D eigenvalue weighted by Gasteiger charge is 2.18. The van der Waals surface area contributed by atoms with E-state index in [0.717, 1.165) is 16.7 Å². The van der Waals surface area contributed by atoms with Crippen molar-refractivity contribution in [2.75, 3.05) is 7.05 Å². The smallest absolute Gasteiger partial charge is 0.128 e. The molecule has 0 radical (unpaired) electrons. The van der Waals surface area contributed by atoms with Gasteiger partial charge in [-0.15, -0.1) is 0 Å². The molecule has 0 saturated heterocycles. The van der Waals surface area contributed by atoms with Crippen LogP contribution in [0, 0.1) is 5.82 Å². The van der Waals surface area contributed by atoms with Crippen molar-refractivity contribution in [3.63, 3.8) is 0 Å². The second-order valence-corrected chi connectivity index (χ2v) is 4.93. The maximum Gasteiger partial charge on any atom is 0.128 e. The Morgan fingerprint density at radius 3 is 2.89 bits per heavy atom. The molecule has 1 aromatic carbocycles. The average molecular weight is 312 g/mol. The maximum atomic E-state index is 13.9. The van der Waals surface area contributed by atoms with E-state index in [1.807, 2.05) is 17.7 Å². The van der Waals surface area contributed by atoms with Crippen molar-refractivity contribution in [1.82, 2.24) is 14.9 Å². The largest absolute Gasteiger partial charge is 0.337 e. The Morgan fingerprint density at radius 1 is 1.50 bits per heavy atom. The van der Waals surface area contributed by atoms with E-state index >= 15 is 0 Å². The number of hydrogen-bond acceptors (Lipinski definition) is 2. The minimum Gasteiger partial charge on any atom is -0.337 e. The van der Waals surface area contributed by atoms with Crippen LogP contribution in [0.2, 0.25) is 0 Å². The van der Waals surface area contributed by atoms with E-state index in [1.165, 1.54) is 6.07 Å². The van der Waals surface area contributed by atoms with Crippen LogP contribution in [0.3, 0.4) is 0 Å². The van der Waals surface area contributed by atoms with E-state index in [4.69, 9.17) is 0 Å². The number of rotatable bonds is 4. The molecule has 0 bridgehead atoms. The Kier molecular flexibility index (Phi) is 4.14. The van der Waals surface area contributed by atoms with Gasteiger partial charge in [0.15, 0.2) is 0 Å². The van der Waals surface area contributed by atoms with Crippen LogP contribution in [-0.4, -0.2) is 16.6 Å². The lowest BCUT2D eigenvalue weighted by molar-refractivity contribution is 0.570. The molecule has 18 heavy (non-hydrogen) atoms. The van der Waals surface area contributed by atoms with E-state index in [9.17, 15) is 4.39 Å². The molecule has 0 saturated carbocycles. The molecule has 0 spiro atoms. The highest BCUT2D eigenvalue weighted by Crippen LogP contribution is 2.25. The number of halogens is 2. The molecule has 1 aromatic heterocycles. The lowest BCUT2D eigenvalue weighted by atomic mass is 10.0. The molecule has 2 rings (SSSR count). The van der Waals surface area contributed by atoms with Gasteiger partial charge in [-0.25, -0.2) is 9.37 Å².